The van der Waals surface area contributed by atoms with Gasteiger partial charge in [-0.25, -0.2) is 0 Å². The van der Waals surface area contributed by atoms with E-state index in [1.165, 1.54) is 19.2 Å². The van der Waals surface area contributed by atoms with Gasteiger partial charge in [-0.05, 0) is 43.3 Å². The summed E-state index contributed by atoms with van der Waals surface area (Å²) in [6.45, 7) is 1.81. The van der Waals surface area contributed by atoms with Crippen LogP contribution in [0.4, 0.5) is 5.69 Å². The van der Waals surface area contributed by atoms with Gasteiger partial charge in [0.1, 0.15) is 18.1 Å². The lowest BCUT2D eigenvalue weighted by atomic mass is 10.2. The first-order chi connectivity index (χ1) is 12.5. The molecule has 2 aromatic carbocycles. The van der Waals surface area contributed by atoms with E-state index < -0.39 is 0 Å². The zero-order chi connectivity index (χ0) is 18.5. The van der Waals surface area contributed by atoms with Gasteiger partial charge in [-0.1, -0.05) is 29.8 Å². The summed E-state index contributed by atoms with van der Waals surface area (Å²) in [7, 11) is 0. The summed E-state index contributed by atoms with van der Waals surface area (Å²) < 4.78 is 5.71. The van der Waals surface area contributed by atoms with Gasteiger partial charge in [-0.15, -0.1) is 0 Å². The van der Waals surface area contributed by atoms with Crippen LogP contribution in [0.1, 0.15) is 33.3 Å². The number of carbonyl (C=O) groups excluding carboxylic acids is 2. The largest absolute Gasteiger partial charge is 0.489 e. The van der Waals surface area contributed by atoms with Crippen molar-refractivity contribution in [2.45, 2.75) is 13.5 Å². The van der Waals surface area contributed by atoms with Crippen molar-refractivity contribution in [3.63, 3.8) is 0 Å². The van der Waals surface area contributed by atoms with E-state index in [1.54, 1.807) is 24.3 Å². The Bertz CT molecular complexity index is 932. The van der Waals surface area contributed by atoms with E-state index in [4.69, 9.17) is 16.3 Å². The Labute approximate surface area is 156 Å². The van der Waals surface area contributed by atoms with Crippen LogP contribution < -0.4 is 10.1 Å². The van der Waals surface area contributed by atoms with E-state index >= 15 is 0 Å². The summed E-state index contributed by atoms with van der Waals surface area (Å²) in [4.78, 5) is 26.3. The number of amides is 1. The summed E-state index contributed by atoms with van der Waals surface area (Å²) in [5.41, 5.74) is 2.33. The second kappa shape index (κ2) is 7.89. The van der Waals surface area contributed by atoms with Gasteiger partial charge in [0.25, 0.3) is 5.91 Å². The maximum atomic E-state index is 12.2. The number of ketones is 1. The first-order valence-corrected chi connectivity index (χ1v) is 8.37. The smallest absolute Gasteiger partial charge is 0.272 e. The van der Waals surface area contributed by atoms with Gasteiger partial charge < -0.3 is 15.0 Å². The van der Waals surface area contributed by atoms with Gasteiger partial charge >= 0.3 is 0 Å². The molecule has 0 aliphatic heterocycles. The number of rotatable bonds is 6. The van der Waals surface area contributed by atoms with E-state index in [1.807, 2.05) is 24.3 Å². The molecule has 26 heavy (non-hydrogen) atoms. The minimum atomic E-state index is -0.317. The van der Waals surface area contributed by atoms with E-state index in [9.17, 15) is 9.59 Å². The summed E-state index contributed by atoms with van der Waals surface area (Å²) in [6.07, 6.45) is 1.52. The van der Waals surface area contributed by atoms with Crippen molar-refractivity contribution in [2.24, 2.45) is 0 Å². The monoisotopic (exact) mass is 368 g/mol. The quantitative estimate of drug-likeness (QED) is 0.619. The Balaban J connectivity index is 1.59. The fraction of sp³-hybridized carbons (Fsp3) is 0.100. The predicted octanol–water partition coefficient (Wildman–Crippen LogP) is 4.70. The molecule has 0 aliphatic carbocycles. The Morgan fingerprint density at radius 3 is 2.50 bits per heavy atom. The zero-order valence-electron chi connectivity index (χ0n) is 14.1. The number of nitrogens with one attached hydrogen (secondary N) is 2. The van der Waals surface area contributed by atoms with Gasteiger partial charge in [-0.2, -0.15) is 0 Å². The van der Waals surface area contributed by atoms with Crippen molar-refractivity contribution in [1.29, 1.82) is 0 Å². The maximum absolute atomic E-state index is 12.2. The third-order valence-electron chi connectivity index (χ3n) is 3.80. The van der Waals surface area contributed by atoms with Crippen LogP contribution >= 0.6 is 11.6 Å². The summed E-state index contributed by atoms with van der Waals surface area (Å²) >= 11 is 6.10. The fourth-order valence-electron chi connectivity index (χ4n) is 2.34. The normalized spacial score (nSPS) is 10.4. The lowest BCUT2D eigenvalue weighted by molar-refractivity contribution is 0.101. The second-order valence-corrected chi connectivity index (χ2v) is 6.12. The Morgan fingerprint density at radius 1 is 1.12 bits per heavy atom. The summed E-state index contributed by atoms with van der Waals surface area (Å²) in [5, 5.41) is 3.42. The molecular formula is C20H17ClN2O3. The van der Waals surface area contributed by atoms with Gasteiger partial charge in [0.15, 0.2) is 5.78 Å². The first kappa shape index (κ1) is 17.8. The number of halogens is 1. The average Bonchev–Trinajstić information content (AvgIpc) is 3.13. The highest BCUT2D eigenvalue weighted by Crippen LogP contribution is 2.20. The van der Waals surface area contributed by atoms with Crippen LogP contribution in [0.25, 0.3) is 0 Å². The topological polar surface area (TPSA) is 71.2 Å². The van der Waals surface area contributed by atoms with Crippen LogP contribution in [-0.2, 0) is 6.61 Å². The number of aromatic nitrogens is 1. The summed E-state index contributed by atoms with van der Waals surface area (Å²) in [5.74, 6) is 0.254. The molecule has 6 heteroatoms. The van der Waals surface area contributed by atoms with E-state index in [-0.39, 0.29) is 11.7 Å². The molecule has 0 spiro atoms. The van der Waals surface area contributed by atoms with Gasteiger partial charge in [0.2, 0.25) is 0 Å². The molecule has 0 aliphatic rings. The standard InChI is InChI=1S/C20H17ClN2O3/c1-13(24)15-10-19(22-11-15)20(25)23-16-6-8-17(9-7-16)26-12-14-4-2-3-5-18(14)21/h2-11,22H,12H2,1H3,(H,23,25). The number of hydrogen-bond donors (Lipinski definition) is 2. The highest BCUT2D eigenvalue weighted by Gasteiger charge is 2.11. The number of hydrogen-bond acceptors (Lipinski definition) is 3. The van der Waals surface area contributed by atoms with Crippen molar-refractivity contribution in [3.8, 4) is 5.75 Å². The van der Waals surface area contributed by atoms with Crippen LogP contribution in [0, 0.1) is 0 Å². The molecule has 0 saturated carbocycles. The molecule has 1 aromatic heterocycles. The molecule has 1 heterocycles. The molecule has 0 radical (unpaired) electrons. The van der Waals surface area contributed by atoms with Crippen molar-refractivity contribution in [3.05, 3.63) is 82.6 Å². The molecule has 3 rings (SSSR count). The molecule has 0 atom stereocenters. The molecule has 0 saturated heterocycles. The molecule has 0 fully saturated rings. The minimum absolute atomic E-state index is 0.0969. The minimum Gasteiger partial charge on any atom is -0.489 e. The van der Waals surface area contributed by atoms with Crippen LogP contribution in [0.2, 0.25) is 5.02 Å². The van der Waals surface area contributed by atoms with Gasteiger partial charge in [0, 0.05) is 28.0 Å². The maximum Gasteiger partial charge on any atom is 0.272 e. The van der Waals surface area contributed by atoms with Crippen molar-refractivity contribution in [2.75, 3.05) is 5.32 Å². The molecular weight excluding hydrogens is 352 g/mol. The molecule has 0 unspecified atom stereocenters. The highest BCUT2D eigenvalue weighted by molar-refractivity contribution is 6.31. The Kier molecular flexibility index (Phi) is 5.39. The lowest BCUT2D eigenvalue weighted by Crippen LogP contribution is -2.12. The SMILES string of the molecule is CC(=O)c1c[nH]c(C(=O)Nc2ccc(OCc3ccccc3Cl)cc2)c1. The Hall–Kier alpha value is -3.05. The van der Waals surface area contributed by atoms with Gasteiger partial charge in [-0.3, -0.25) is 9.59 Å². The molecule has 1 amide bonds. The first-order valence-electron chi connectivity index (χ1n) is 8.00. The molecule has 3 aromatic rings. The summed E-state index contributed by atoms with van der Waals surface area (Å²) in [6, 6.07) is 16.0. The lowest BCUT2D eigenvalue weighted by Gasteiger charge is -2.09. The molecule has 0 bridgehead atoms. The van der Waals surface area contributed by atoms with Crippen molar-refractivity contribution >= 4 is 29.0 Å². The highest BCUT2D eigenvalue weighted by atomic mass is 35.5. The average molecular weight is 369 g/mol. The van der Waals surface area contributed by atoms with Crippen LogP contribution in [-0.4, -0.2) is 16.7 Å². The van der Waals surface area contributed by atoms with Crippen LogP contribution in [0.3, 0.4) is 0 Å². The molecule has 5 nitrogen and oxygen atoms in total. The number of H-pyrrole nitrogens is 1. The number of ether oxygens (including phenoxy) is 1. The third-order valence-corrected chi connectivity index (χ3v) is 4.17. The third kappa shape index (κ3) is 4.32. The van der Waals surface area contributed by atoms with Crippen molar-refractivity contribution in [1.82, 2.24) is 4.98 Å². The zero-order valence-corrected chi connectivity index (χ0v) is 14.8. The number of anilines is 1. The Morgan fingerprint density at radius 2 is 1.85 bits per heavy atom. The number of benzene rings is 2. The predicted molar refractivity (Wildman–Crippen MR) is 101 cm³/mol. The van der Waals surface area contributed by atoms with E-state index in [2.05, 4.69) is 10.3 Å². The van der Waals surface area contributed by atoms with Crippen LogP contribution in [0.15, 0.2) is 60.8 Å². The number of aromatic amines is 1. The number of carbonyl (C=O) groups is 2. The van der Waals surface area contributed by atoms with E-state index in [0.29, 0.717) is 34.3 Å². The second-order valence-electron chi connectivity index (χ2n) is 5.72. The van der Waals surface area contributed by atoms with Gasteiger partial charge in [0.05, 0.1) is 0 Å². The fourth-order valence-corrected chi connectivity index (χ4v) is 2.53. The molecule has 2 N–H and O–H groups in total. The van der Waals surface area contributed by atoms with E-state index in [0.717, 1.165) is 5.56 Å². The van der Waals surface area contributed by atoms with Crippen LogP contribution in [0.5, 0.6) is 5.75 Å². The molecule has 132 valence electrons. The number of Topliss-reactive ketones (excluding diaryl/α,β-unsaturated/α-hetero) is 1. The van der Waals surface area contributed by atoms with Crippen molar-refractivity contribution < 1.29 is 14.3 Å².